The van der Waals surface area contributed by atoms with Gasteiger partial charge in [-0.1, -0.05) is 25.1 Å². The fourth-order valence-corrected chi connectivity index (χ4v) is 3.29. The van der Waals surface area contributed by atoms with Crippen LogP contribution in [0.2, 0.25) is 0 Å². The van der Waals surface area contributed by atoms with E-state index in [1.54, 1.807) is 6.08 Å². The highest BCUT2D eigenvalue weighted by molar-refractivity contribution is 5.93. The molecule has 2 aromatic rings. The quantitative estimate of drug-likeness (QED) is 0.795. The first-order chi connectivity index (χ1) is 12.7. The van der Waals surface area contributed by atoms with Gasteiger partial charge in [-0.2, -0.15) is 10.5 Å². The number of aryl methyl sites for hydroxylation is 1. The fourth-order valence-electron chi connectivity index (χ4n) is 3.29. The van der Waals surface area contributed by atoms with Crippen molar-refractivity contribution in [1.82, 2.24) is 9.47 Å². The first-order valence-corrected chi connectivity index (χ1v) is 8.66. The van der Waals surface area contributed by atoms with Crippen molar-refractivity contribution in [3.8, 4) is 12.1 Å². The van der Waals surface area contributed by atoms with E-state index in [4.69, 9.17) is 15.3 Å². The molecular formula is C20H20N4O2. The largest absolute Gasteiger partial charge is 0.378 e. The number of ether oxygens (including phenoxy) is 1. The molecule has 0 spiro atoms. The van der Waals surface area contributed by atoms with Crippen LogP contribution in [0.15, 0.2) is 30.0 Å². The van der Waals surface area contributed by atoms with Gasteiger partial charge >= 0.3 is 0 Å². The predicted molar refractivity (Wildman–Crippen MR) is 97.9 cm³/mol. The number of benzene rings is 1. The lowest BCUT2D eigenvalue weighted by Crippen LogP contribution is -2.42. The van der Waals surface area contributed by atoms with Crippen molar-refractivity contribution in [2.45, 2.75) is 19.9 Å². The second kappa shape index (κ2) is 7.86. The molecule has 26 heavy (non-hydrogen) atoms. The third kappa shape index (κ3) is 3.46. The molecule has 1 aromatic carbocycles. The number of fused-ring (bicyclic) bond motifs is 1. The molecule has 1 aromatic heterocycles. The van der Waals surface area contributed by atoms with Crippen LogP contribution in [-0.4, -0.2) is 41.7 Å². The van der Waals surface area contributed by atoms with E-state index in [2.05, 4.69) is 6.92 Å². The highest BCUT2D eigenvalue weighted by atomic mass is 16.5. The molecule has 3 rings (SSSR count). The number of hydrogen-bond acceptors (Lipinski definition) is 4. The zero-order valence-electron chi connectivity index (χ0n) is 14.7. The van der Waals surface area contributed by atoms with Gasteiger partial charge in [0.05, 0.1) is 18.7 Å². The Labute approximate surface area is 152 Å². The Morgan fingerprint density at radius 1 is 1.27 bits per heavy atom. The van der Waals surface area contributed by atoms with Crippen molar-refractivity contribution in [2.24, 2.45) is 0 Å². The van der Waals surface area contributed by atoms with E-state index >= 15 is 0 Å². The molecule has 1 fully saturated rings. The molecule has 1 saturated heterocycles. The molecule has 0 saturated carbocycles. The maximum Gasteiger partial charge on any atom is 0.242 e. The Bertz CT molecular complexity index is 921. The van der Waals surface area contributed by atoms with Crippen molar-refractivity contribution in [3.05, 3.63) is 41.1 Å². The molecule has 0 N–H and O–H groups in total. The van der Waals surface area contributed by atoms with Crippen molar-refractivity contribution in [2.75, 3.05) is 26.3 Å². The standard InChI is InChI=1S/C20H20N4O2/c1-2-16-4-3-5-18-17(10-15(11-21)12-22)13-24(20(16)18)14-19(25)23-6-8-26-9-7-23/h3-5,10,13H,2,6-9,14H2,1H3. The number of carbonyl (C=O) groups is 1. The van der Waals surface area contributed by atoms with Crippen molar-refractivity contribution in [1.29, 1.82) is 10.5 Å². The Morgan fingerprint density at radius 3 is 2.65 bits per heavy atom. The highest BCUT2D eigenvalue weighted by Gasteiger charge is 2.19. The number of aromatic nitrogens is 1. The summed E-state index contributed by atoms with van der Waals surface area (Å²) in [7, 11) is 0. The number of allylic oxidation sites excluding steroid dienone is 1. The van der Waals surface area contributed by atoms with Gasteiger partial charge in [0.15, 0.2) is 0 Å². The van der Waals surface area contributed by atoms with Crippen LogP contribution in [0.1, 0.15) is 18.1 Å². The Morgan fingerprint density at radius 2 is 2.00 bits per heavy atom. The van der Waals surface area contributed by atoms with Crippen LogP contribution >= 0.6 is 0 Å². The zero-order valence-corrected chi connectivity index (χ0v) is 14.7. The summed E-state index contributed by atoms with van der Waals surface area (Å²) in [6.07, 6.45) is 4.27. The first kappa shape index (κ1) is 17.7. The minimum atomic E-state index is 0.0467. The minimum absolute atomic E-state index is 0.0467. The third-order valence-corrected chi connectivity index (χ3v) is 4.60. The van der Waals surface area contributed by atoms with Gasteiger partial charge in [-0.3, -0.25) is 4.79 Å². The number of nitriles is 2. The van der Waals surface area contributed by atoms with Gasteiger partial charge in [0.1, 0.15) is 24.3 Å². The molecule has 0 bridgehead atoms. The summed E-state index contributed by atoms with van der Waals surface area (Å²) in [6.45, 7) is 4.66. The number of carbonyl (C=O) groups excluding carboxylic acids is 1. The Kier molecular flexibility index (Phi) is 5.36. The van der Waals surface area contributed by atoms with E-state index in [-0.39, 0.29) is 18.0 Å². The lowest BCUT2D eigenvalue weighted by atomic mass is 10.1. The number of rotatable bonds is 4. The fraction of sp³-hybridized carbons (Fsp3) is 0.350. The van der Waals surface area contributed by atoms with Crippen molar-refractivity contribution in [3.63, 3.8) is 0 Å². The van der Waals surface area contributed by atoms with Gasteiger partial charge in [0.25, 0.3) is 0 Å². The van der Waals surface area contributed by atoms with Crippen LogP contribution in [-0.2, 0) is 22.5 Å². The van der Waals surface area contributed by atoms with Crippen LogP contribution in [0.3, 0.4) is 0 Å². The van der Waals surface area contributed by atoms with Crippen LogP contribution in [0, 0.1) is 22.7 Å². The average molecular weight is 348 g/mol. The zero-order chi connectivity index (χ0) is 18.5. The maximum atomic E-state index is 12.7. The number of morpholine rings is 1. The Balaban J connectivity index is 2.04. The average Bonchev–Trinajstić information content (AvgIpc) is 3.04. The van der Waals surface area contributed by atoms with Gasteiger partial charge in [0, 0.05) is 30.2 Å². The lowest BCUT2D eigenvalue weighted by Gasteiger charge is -2.27. The van der Waals surface area contributed by atoms with Crippen LogP contribution in [0.4, 0.5) is 0 Å². The van der Waals surface area contributed by atoms with E-state index in [0.717, 1.165) is 28.5 Å². The van der Waals surface area contributed by atoms with Crippen LogP contribution in [0.25, 0.3) is 17.0 Å². The van der Waals surface area contributed by atoms with Crippen LogP contribution in [0.5, 0.6) is 0 Å². The number of hydrogen-bond donors (Lipinski definition) is 0. The smallest absolute Gasteiger partial charge is 0.242 e. The third-order valence-electron chi connectivity index (χ3n) is 4.60. The van der Waals surface area contributed by atoms with E-state index < -0.39 is 0 Å². The monoisotopic (exact) mass is 348 g/mol. The molecule has 6 heteroatoms. The summed E-state index contributed by atoms with van der Waals surface area (Å²) >= 11 is 0. The van der Waals surface area contributed by atoms with Gasteiger partial charge in [-0.05, 0) is 18.1 Å². The van der Waals surface area contributed by atoms with Gasteiger partial charge < -0.3 is 14.2 Å². The maximum absolute atomic E-state index is 12.7. The summed E-state index contributed by atoms with van der Waals surface area (Å²) in [4.78, 5) is 14.5. The second-order valence-corrected chi connectivity index (χ2v) is 6.15. The summed E-state index contributed by atoms with van der Waals surface area (Å²) < 4.78 is 7.24. The number of para-hydroxylation sites is 1. The van der Waals surface area contributed by atoms with Gasteiger partial charge in [-0.25, -0.2) is 0 Å². The summed E-state index contributed by atoms with van der Waals surface area (Å²) in [5, 5.41) is 19.1. The lowest BCUT2D eigenvalue weighted by molar-refractivity contribution is -0.135. The van der Waals surface area contributed by atoms with E-state index in [1.165, 1.54) is 0 Å². The van der Waals surface area contributed by atoms with E-state index in [1.807, 2.05) is 46.0 Å². The predicted octanol–water partition coefficient (Wildman–Crippen LogP) is 2.49. The Hall–Kier alpha value is -3.09. The molecule has 1 aliphatic heterocycles. The number of nitrogens with zero attached hydrogens (tertiary/aromatic N) is 4. The van der Waals surface area contributed by atoms with Crippen molar-refractivity contribution < 1.29 is 9.53 Å². The van der Waals surface area contributed by atoms with Crippen molar-refractivity contribution >= 4 is 22.9 Å². The van der Waals surface area contributed by atoms with Gasteiger partial charge in [0.2, 0.25) is 5.91 Å². The molecule has 0 unspecified atom stereocenters. The molecule has 132 valence electrons. The van der Waals surface area contributed by atoms with Gasteiger partial charge in [-0.15, -0.1) is 0 Å². The second-order valence-electron chi connectivity index (χ2n) is 6.15. The van der Waals surface area contributed by atoms with Crippen LogP contribution < -0.4 is 0 Å². The molecule has 2 heterocycles. The highest BCUT2D eigenvalue weighted by Crippen LogP contribution is 2.27. The molecule has 1 amide bonds. The SMILES string of the molecule is CCc1cccc2c(C=C(C#N)C#N)cn(CC(=O)N3CCOCC3)c12. The molecule has 1 aliphatic rings. The number of amides is 1. The summed E-state index contributed by atoms with van der Waals surface area (Å²) in [5.41, 5.74) is 2.94. The molecule has 6 nitrogen and oxygen atoms in total. The first-order valence-electron chi connectivity index (χ1n) is 8.66. The van der Waals surface area contributed by atoms with E-state index in [9.17, 15) is 4.79 Å². The van der Waals surface area contributed by atoms with E-state index in [0.29, 0.717) is 26.3 Å². The normalized spacial score (nSPS) is 13.9. The summed E-state index contributed by atoms with van der Waals surface area (Å²) in [6, 6.07) is 9.76. The molecular weight excluding hydrogens is 328 g/mol. The minimum Gasteiger partial charge on any atom is -0.378 e. The topological polar surface area (TPSA) is 82.0 Å². The molecule has 0 atom stereocenters. The molecule has 0 radical (unpaired) electrons. The summed E-state index contributed by atoms with van der Waals surface area (Å²) in [5.74, 6) is 0.0485. The molecule has 0 aliphatic carbocycles.